The van der Waals surface area contributed by atoms with Crippen molar-refractivity contribution >= 4 is 47.3 Å². The Balaban J connectivity index is 1.03. The van der Waals surface area contributed by atoms with Crippen LogP contribution in [0.5, 0.6) is 0 Å². The fourth-order valence-corrected chi connectivity index (χ4v) is 9.78. The number of halogens is 1. The number of hydrogen-bond acceptors (Lipinski definition) is 9. The lowest BCUT2D eigenvalue weighted by Gasteiger charge is -2.43. The highest BCUT2D eigenvalue weighted by Gasteiger charge is 2.49. The van der Waals surface area contributed by atoms with Gasteiger partial charge in [0.05, 0.1) is 17.4 Å². The monoisotopic (exact) mass is 869 g/mol. The molecule has 63 heavy (non-hydrogen) atoms. The molecule has 16 heteroatoms. The maximum atomic E-state index is 15.2. The van der Waals surface area contributed by atoms with Gasteiger partial charge in [-0.3, -0.25) is 19.7 Å². The number of nitrogens with zero attached hydrogens (tertiary/aromatic N) is 3. The second kappa shape index (κ2) is 16.9. The Kier molecular flexibility index (Phi) is 11.0. The first kappa shape index (κ1) is 41.1. The molecule has 2 saturated heterocycles. The van der Waals surface area contributed by atoms with Crippen molar-refractivity contribution in [3.63, 3.8) is 0 Å². The Bertz CT molecular complexity index is 2600. The molecule has 2 heterocycles. The number of alkyl carbamates (subject to hydrolysis) is 1. The van der Waals surface area contributed by atoms with E-state index in [1.165, 1.54) is 17.0 Å². The van der Waals surface area contributed by atoms with Gasteiger partial charge in [-0.2, -0.15) is 0 Å². The normalized spacial score (nSPS) is 19.3. The predicted molar refractivity (Wildman–Crippen MR) is 229 cm³/mol. The first-order valence-electron chi connectivity index (χ1n) is 20.5. The average molecular weight is 870 g/mol. The summed E-state index contributed by atoms with van der Waals surface area (Å²) in [5.41, 5.74) is 7.40. The Morgan fingerprint density at radius 3 is 1.86 bits per heavy atom. The molecular weight excluding hydrogens is 830 g/mol. The topological polar surface area (TPSA) is 198 Å². The van der Waals surface area contributed by atoms with Gasteiger partial charge in [0.1, 0.15) is 36.5 Å². The van der Waals surface area contributed by atoms with E-state index in [1.54, 1.807) is 0 Å². The van der Waals surface area contributed by atoms with E-state index >= 15 is 4.79 Å². The van der Waals surface area contributed by atoms with Crippen LogP contribution < -0.4 is 10.6 Å². The number of carboxylic acids is 1. The van der Waals surface area contributed by atoms with Gasteiger partial charge in [-0.25, -0.2) is 14.4 Å². The summed E-state index contributed by atoms with van der Waals surface area (Å²) in [5.74, 6) is -3.86. The molecule has 4 amide bonds. The second-order valence-corrected chi connectivity index (χ2v) is 16.3. The van der Waals surface area contributed by atoms with Crippen LogP contribution in [0.2, 0.25) is 5.02 Å². The number of nitro benzene ring substituents is 1. The zero-order valence-electron chi connectivity index (χ0n) is 33.5. The van der Waals surface area contributed by atoms with Crippen LogP contribution >= 0.6 is 11.6 Å². The van der Waals surface area contributed by atoms with E-state index in [0.29, 0.717) is 6.42 Å². The summed E-state index contributed by atoms with van der Waals surface area (Å²) in [6.07, 6.45) is -3.38. The summed E-state index contributed by atoms with van der Waals surface area (Å²) in [7, 11) is 0. The molecular formula is C47H40ClN5O10. The molecule has 0 bridgehead atoms. The Labute approximate surface area is 365 Å². The number of fused-ring (bicyclic) bond motifs is 6. The quantitative estimate of drug-likeness (QED) is 0.0941. The first-order chi connectivity index (χ1) is 30.5. The van der Waals surface area contributed by atoms with E-state index < -0.39 is 71.3 Å². The van der Waals surface area contributed by atoms with Crippen molar-refractivity contribution < 1.29 is 43.5 Å². The zero-order valence-corrected chi connectivity index (χ0v) is 34.3. The van der Waals surface area contributed by atoms with E-state index in [0.717, 1.165) is 55.5 Å². The number of rotatable bonds is 10. The molecule has 3 N–H and O–H groups in total. The van der Waals surface area contributed by atoms with E-state index in [1.807, 2.05) is 97.1 Å². The van der Waals surface area contributed by atoms with Gasteiger partial charge < -0.3 is 35.0 Å². The molecule has 9 rings (SSSR count). The molecule has 4 aliphatic rings. The standard InChI is InChI=1S/C47H40ClN5O10/c48-37-20-19-26(22-39(37)53(60)61)43-49-41(54)23-40(45(56)57)52(43)44(55)42(50-46(58)62-24-35-31-14-5-1-10-27(31)28-11-2-6-15-32(28)35)38-18-9-21-51(38)47(59)63-25-36-33-16-7-3-12-29(33)30-13-4-8-17-34(30)36/h1-8,10-17,19-20,22,35-36,38,40,42-43H,9,18,21,23-25H2,(H,49,54)(H,50,58)(H,56,57)/t38-,40-,42?,43-/m0/s1. The maximum absolute atomic E-state index is 15.2. The van der Waals surface area contributed by atoms with Crippen LogP contribution in [0.3, 0.4) is 0 Å². The Morgan fingerprint density at radius 1 is 0.810 bits per heavy atom. The van der Waals surface area contributed by atoms with E-state index in [-0.39, 0.29) is 48.6 Å². The first-order valence-corrected chi connectivity index (χ1v) is 20.9. The van der Waals surface area contributed by atoms with Crippen molar-refractivity contribution in [1.82, 2.24) is 20.4 Å². The lowest BCUT2D eigenvalue weighted by molar-refractivity contribution is -0.384. The number of nitrogens with one attached hydrogen (secondary N) is 2. The smallest absolute Gasteiger partial charge is 0.410 e. The van der Waals surface area contributed by atoms with Crippen molar-refractivity contribution in [2.75, 3.05) is 19.8 Å². The molecule has 0 radical (unpaired) electrons. The summed E-state index contributed by atoms with van der Waals surface area (Å²) in [4.78, 5) is 82.8. The van der Waals surface area contributed by atoms with Crippen LogP contribution in [0.4, 0.5) is 15.3 Å². The summed E-state index contributed by atoms with van der Waals surface area (Å²) in [6.45, 7) is 0.00464. The van der Waals surface area contributed by atoms with Crippen LogP contribution in [0.15, 0.2) is 115 Å². The third-order valence-electron chi connectivity index (χ3n) is 12.5. The lowest BCUT2D eigenvalue weighted by Crippen LogP contribution is -2.65. The minimum atomic E-state index is -1.78. The van der Waals surface area contributed by atoms with Gasteiger partial charge in [0.15, 0.2) is 0 Å². The summed E-state index contributed by atoms with van der Waals surface area (Å²) in [5, 5.41) is 27.4. The highest BCUT2D eigenvalue weighted by molar-refractivity contribution is 6.32. The lowest BCUT2D eigenvalue weighted by atomic mass is 9.97. The van der Waals surface area contributed by atoms with Crippen LogP contribution in [0, 0.1) is 10.1 Å². The minimum Gasteiger partial charge on any atom is -0.480 e. The van der Waals surface area contributed by atoms with E-state index in [9.17, 15) is 34.4 Å². The van der Waals surface area contributed by atoms with Gasteiger partial charge in [0, 0.05) is 30.0 Å². The number of carbonyl (C=O) groups is 5. The number of benzene rings is 5. The molecule has 0 spiro atoms. The van der Waals surface area contributed by atoms with Crippen molar-refractivity contribution in [3.05, 3.63) is 158 Å². The molecule has 15 nitrogen and oxygen atoms in total. The number of ether oxygens (including phenoxy) is 2. The SMILES string of the molecule is O=C1C[C@@H](C(=O)O)N(C(=O)C(NC(=O)OCC2c3ccccc3-c3ccccc32)[C@@H]2CCCN2C(=O)OCC2c3ccccc3-c3ccccc32)[C@@H](c2ccc(Cl)c([N+](=O)[O-])c2)N1. The van der Waals surface area contributed by atoms with Gasteiger partial charge in [0.25, 0.3) is 5.69 Å². The molecule has 5 aromatic carbocycles. The molecule has 5 aromatic rings. The van der Waals surface area contributed by atoms with Gasteiger partial charge in [-0.1, -0.05) is 115 Å². The van der Waals surface area contributed by atoms with Gasteiger partial charge in [-0.05, 0) is 63.4 Å². The molecule has 2 aliphatic carbocycles. The largest absolute Gasteiger partial charge is 0.480 e. The number of carboxylic acid groups (broad SMARTS) is 1. The number of carbonyl (C=O) groups excluding carboxylic acids is 4. The number of aliphatic carboxylic acids is 1. The summed E-state index contributed by atoms with van der Waals surface area (Å²) >= 11 is 6.11. The fourth-order valence-electron chi connectivity index (χ4n) is 9.60. The van der Waals surface area contributed by atoms with Crippen LogP contribution in [-0.2, 0) is 23.9 Å². The zero-order chi connectivity index (χ0) is 43.9. The summed E-state index contributed by atoms with van der Waals surface area (Å²) < 4.78 is 11.9. The van der Waals surface area contributed by atoms with E-state index in [4.69, 9.17) is 21.1 Å². The van der Waals surface area contributed by atoms with Gasteiger partial charge in [-0.15, -0.1) is 0 Å². The fraction of sp³-hybridized carbons (Fsp3) is 0.255. The molecule has 0 saturated carbocycles. The van der Waals surface area contributed by atoms with Crippen LogP contribution in [0.25, 0.3) is 22.3 Å². The number of likely N-dealkylation sites (tertiary alicyclic amines) is 1. The van der Waals surface area contributed by atoms with Crippen molar-refractivity contribution in [2.45, 2.75) is 55.4 Å². The second-order valence-electron chi connectivity index (χ2n) is 15.9. The van der Waals surface area contributed by atoms with Crippen LogP contribution in [0.1, 0.15) is 65.1 Å². The molecule has 0 aromatic heterocycles. The molecule has 2 fully saturated rings. The van der Waals surface area contributed by atoms with Gasteiger partial charge >= 0.3 is 18.2 Å². The number of amides is 4. The van der Waals surface area contributed by atoms with E-state index in [2.05, 4.69) is 10.6 Å². The van der Waals surface area contributed by atoms with Crippen LogP contribution in [-0.4, -0.2) is 87.7 Å². The van der Waals surface area contributed by atoms with Crippen molar-refractivity contribution in [1.29, 1.82) is 0 Å². The van der Waals surface area contributed by atoms with Crippen molar-refractivity contribution in [2.24, 2.45) is 0 Å². The predicted octanol–water partition coefficient (Wildman–Crippen LogP) is 7.37. The highest BCUT2D eigenvalue weighted by atomic mass is 35.5. The summed E-state index contributed by atoms with van der Waals surface area (Å²) in [6, 6.07) is 30.4. The Hall–Kier alpha value is -7.26. The number of hydrogen-bond donors (Lipinski definition) is 3. The molecule has 4 atom stereocenters. The van der Waals surface area contributed by atoms with Gasteiger partial charge in [0.2, 0.25) is 11.8 Å². The number of nitro groups is 1. The third kappa shape index (κ3) is 7.58. The molecule has 320 valence electrons. The average Bonchev–Trinajstić information content (AvgIpc) is 3.99. The third-order valence-corrected chi connectivity index (χ3v) is 12.8. The highest BCUT2D eigenvalue weighted by Crippen LogP contribution is 2.46. The Morgan fingerprint density at radius 2 is 1.33 bits per heavy atom. The molecule has 2 aliphatic heterocycles. The van der Waals surface area contributed by atoms with Crippen molar-refractivity contribution in [3.8, 4) is 22.3 Å². The minimum absolute atomic E-state index is 0.0153. The maximum Gasteiger partial charge on any atom is 0.410 e. The molecule has 1 unspecified atom stereocenters.